The summed E-state index contributed by atoms with van der Waals surface area (Å²) in [5.41, 5.74) is 24.8. The molecule has 0 aliphatic carbocycles. The van der Waals surface area contributed by atoms with Gasteiger partial charge in [0.25, 0.3) is 0 Å². The van der Waals surface area contributed by atoms with Gasteiger partial charge in [0.05, 0.1) is 0 Å². The van der Waals surface area contributed by atoms with Crippen molar-refractivity contribution >= 4 is 58.4 Å². The largest absolute Gasteiger partial charge is 1.00 e. The van der Waals surface area contributed by atoms with Crippen LogP contribution in [0.3, 0.4) is 0 Å². The number of guanidine groups is 4. The minimum atomic E-state index is 0. The zero-order valence-corrected chi connectivity index (χ0v) is 22.8. The SMILES string of the molecule is NC(=NCCCCCCN=C(N)/N=C(\N)Nc1ccc(Cl)cc1)/N=C(\N)Nc1ccc(Cl)cc1.[I-]. The normalized spacial score (nSPS) is 12.7. The van der Waals surface area contributed by atoms with Gasteiger partial charge in [0, 0.05) is 34.5 Å². The lowest BCUT2D eigenvalue weighted by atomic mass is 10.2. The van der Waals surface area contributed by atoms with Gasteiger partial charge in [-0.25, -0.2) is 0 Å². The fraction of sp³-hybridized carbons (Fsp3) is 0.273. The molecule has 10 N–H and O–H groups in total. The monoisotopic (exact) mass is 631 g/mol. The van der Waals surface area contributed by atoms with Gasteiger partial charge in [-0.15, -0.1) is 0 Å². The molecule has 0 amide bonds. The molecule has 0 saturated heterocycles. The maximum absolute atomic E-state index is 5.85. The first-order valence-corrected chi connectivity index (χ1v) is 11.4. The topological polar surface area (TPSA) is 178 Å². The van der Waals surface area contributed by atoms with Crippen LogP contribution in [-0.4, -0.2) is 36.9 Å². The Kier molecular flexibility index (Phi) is 14.5. The predicted octanol–water partition coefficient (Wildman–Crippen LogP) is 0.341. The third-order valence-corrected chi connectivity index (χ3v) is 4.82. The molecular formula is C22H30Cl2IN10-. The standard InChI is InChI=1S/C22H30Cl2N10.HI/c23-15-5-9-17(10-6-15)31-21(27)33-19(25)29-13-3-1-2-4-14-30-20(26)34-22(28)32-18-11-7-16(24)8-12-18;/h5-12H,1-4,13-14H2,(H5,25,27,29,31,33)(H5,26,28,30,32,34);1H/p-1. The molecule has 2 aromatic rings. The van der Waals surface area contributed by atoms with Gasteiger partial charge in [-0.1, -0.05) is 36.0 Å². The number of aliphatic imine (C=N–C) groups is 4. The molecule has 35 heavy (non-hydrogen) atoms. The summed E-state index contributed by atoms with van der Waals surface area (Å²) in [6, 6.07) is 14.1. The second-order valence-corrected chi connectivity index (χ2v) is 8.02. The molecule has 0 heterocycles. The highest BCUT2D eigenvalue weighted by Gasteiger charge is 1.99. The number of nitrogens with zero attached hydrogens (tertiary/aromatic N) is 4. The van der Waals surface area contributed by atoms with Crippen LogP contribution in [0.2, 0.25) is 10.0 Å². The molecule has 2 aromatic carbocycles. The lowest BCUT2D eigenvalue weighted by molar-refractivity contribution is -0.00000757. The molecule has 2 rings (SSSR count). The lowest BCUT2D eigenvalue weighted by Crippen LogP contribution is -3.00. The van der Waals surface area contributed by atoms with Gasteiger partial charge in [-0.3, -0.25) is 9.98 Å². The third kappa shape index (κ3) is 13.6. The molecule has 10 nitrogen and oxygen atoms in total. The van der Waals surface area contributed by atoms with Crippen molar-refractivity contribution in [2.45, 2.75) is 25.7 Å². The fourth-order valence-corrected chi connectivity index (χ4v) is 2.95. The zero-order chi connectivity index (χ0) is 24.8. The molecule has 190 valence electrons. The number of hydrogen-bond donors (Lipinski definition) is 6. The molecule has 0 saturated carbocycles. The summed E-state index contributed by atoms with van der Waals surface area (Å²) in [7, 11) is 0. The molecule has 0 aromatic heterocycles. The van der Waals surface area contributed by atoms with Crippen LogP contribution in [0.15, 0.2) is 68.5 Å². The van der Waals surface area contributed by atoms with E-state index in [2.05, 4.69) is 30.6 Å². The predicted molar refractivity (Wildman–Crippen MR) is 145 cm³/mol. The van der Waals surface area contributed by atoms with Gasteiger partial charge >= 0.3 is 0 Å². The number of anilines is 2. The molecular weight excluding hydrogens is 602 g/mol. The van der Waals surface area contributed by atoms with E-state index in [1.807, 2.05) is 0 Å². The van der Waals surface area contributed by atoms with E-state index < -0.39 is 0 Å². The van der Waals surface area contributed by atoms with Crippen molar-refractivity contribution in [3.8, 4) is 0 Å². The summed E-state index contributed by atoms with van der Waals surface area (Å²) in [6.07, 6.45) is 3.68. The fourth-order valence-electron chi connectivity index (χ4n) is 2.70. The molecule has 0 fully saturated rings. The highest BCUT2D eigenvalue weighted by molar-refractivity contribution is 6.31. The first-order chi connectivity index (χ1) is 16.3. The van der Waals surface area contributed by atoms with Crippen LogP contribution in [-0.2, 0) is 0 Å². The van der Waals surface area contributed by atoms with E-state index in [4.69, 9.17) is 46.1 Å². The minimum Gasteiger partial charge on any atom is -1.00 e. The van der Waals surface area contributed by atoms with Crippen molar-refractivity contribution in [3.63, 3.8) is 0 Å². The van der Waals surface area contributed by atoms with Gasteiger partial charge in [0.2, 0.25) is 23.8 Å². The third-order valence-electron chi connectivity index (χ3n) is 4.32. The Labute approximate surface area is 232 Å². The maximum Gasteiger partial charge on any atom is 0.218 e. The molecule has 0 aliphatic rings. The number of nitrogens with two attached hydrogens (primary N) is 4. The van der Waals surface area contributed by atoms with Crippen molar-refractivity contribution in [2.75, 3.05) is 23.7 Å². The van der Waals surface area contributed by atoms with Gasteiger partial charge in [0.1, 0.15) is 0 Å². The van der Waals surface area contributed by atoms with Crippen LogP contribution in [0.25, 0.3) is 0 Å². The molecule has 0 aliphatic heterocycles. The molecule has 0 bridgehead atoms. The molecule has 0 atom stereocenters. The van der Waals surface area contributed by atoms with Crippen molar-refractivity contribution < 1.29 is 24.0 Å². The Morgan fingerprint density at radius 3 is 1.29 bits per heavy atom. The minimum absolute atomic E-state index is 0. The summed E-state index contributed by atoms with van der Waals surface area (Å²) in [5, 5.41) is 7.11. The molecule has 13 heteroatoms. The van der Waals surface area contributed by atoms with E-state index in [0.717, 1.165) is 37.1 Å². The smallest absolute Gasteiger partial charge is 0.218 e. The van der Waals surface area contributed by atoms with Crippen molar-refractivity contribution in [1.29, 1.82) is 0 Å². The van der Waals surface area contributed by atoms with Crippen LogP contribution >= 0.6 is 23.2 Å². The Bertz CT molecular complexity index is 938. The number of unbranched alkanes of at least 4 members (excludes halogenated alkanes) is 3. The highest BCUT2D eigenvalue weighted by Crippen LogP contribution is 2.13. The summed E-state index contributed by atoms with van der Waals surface area (Å²) < 4.78 is 0. The lowest BCUT2D eigenvalue weighted by Gasteiger charge is -2.05. The average molecular weight is 632 g/mol. The second-order valence-electron chi connectivity index (χ2n) is 7.15. The van der Waals surface area contributed by atoms with E-state index in [9.17, 15) is 0 Å². The van der Waals surface area contributed by atoms with Crippen LogP contribution in [0.5, 0.6) is 0 Å². The summed E-state index contributed by atoms with van der Waals surface area (Å²) in [4.78, 5) is 16.5. The Hall–Kier alpha value is -2.77. The first kappa shape index (κ1) is 30.3. The van der Waals surface area contributed by atoms with Crippen molar-refractivity contribution in [3.05, 3.63) is 58.6 Å². The van der Waals surface area contributed by atoms with E-state index in [0.29, 0.717) is 23.1 Å². The van der Waals surface area contributed by atoms with Crippen molar-refractivity contribution in [2.24, 2.45) is 42.9 Å². The number of halogens is 3. The molecule has 0 spiro atoms. The van der Waals surface area contributed by atoms with Gasteiger partial charge in [-0.05, 0) is 61.4 Å². The Balaban J connectivity index is 0.00000612. The number of nitrogens with one attached hydrogen (secondary N) is 2. The Morgan fingerprint density at radius 1 is 0.600 bits per heavy atom. The van der Waals surface area contributed by atoms with Crippen LogP contribution in [0, 0.1) is 0 Å². The van der Waals surface area contributed by atoms with E-state index in [1.165, 1.54) is 0 Å². The summed E-state index contributed by atoms with van der Waals surface area (Å²) in [6.45, 7) is 1.12. The van der Waals surface area contributed by atoms with Crippen LogP contribution in [0.1, 0.15) is 25.7 Å². The second kappa shape index (κ2) is 16.8. The maximum atomic E-state index is 5.85. The van der Waals surface area contributed by atoms with Crippen molar-refractivity contribution in [1.82, 2.24) is 0 Å². The quantitative estimate of drug-likeness (QED) is 0.101. The summed E-state index contributed by atoms with van der Waals surface area (Å²) >= 11 is 11.7. The van der Waals surface area contributed by atoms with Gasteiger partial charge in [0.15, 0.2) is 0 Å². The molecule has 0 radical (unpaired) electrons. The van der Waals surface area contributed by atoms with Gasteiger partial charge < -0.3 is 57.5 Å². The number of benzene rings is 2. The molecule has 0 unspecified atom stereocenters. The zero-order valence-electron chi connectivity index (χ0n) is 19.1. The average Bonchev–Trinajstić information content (AvgIpc) is 2.78. The highest BCUT2D eigenvalue weighted by atomic mass is 127. The summed E-state index contributed by atoms with van der Waals surface area (Å²) in [5.74, 6) is 0.564. The van der Waals surface area contributed by atoms with Crippen LogP contribution < -0.4 is 57.5 Å². The van der Waals surface area contributed by atoms with E-state index in [1.54, 1.807) is 48.5 Å². The van der Waals surface area contributed by atoms with Crippen LogP contribution in [0.4, 0.5) is 11.4 Å². The van der Waals surface area contributed by atoms with Gasteiger partial charge in [-0.2, -0.15) is 9.98 Å². The Morgan fingerprint density at radius 2 is 0.943 bits per heavy atom. The number of hydrogen-bond acceptors (Lipinski definition) is 2. The first-order valence-electron chi connectivity index (χ1n) is 10.6. The number of rotatable bonds is 9. The van der Waals surface area contributed by atoms with E-state index in [-0.39, 0.29) is 47.8 Å². The van der Waals surface area contributed by atoms with E-state index >= 15 is 0 Å².